The van der Waals surface area contributed by atoms with Crippen LogP contribution in [0.15, 0.2) is 48.5 Å². The van der Waals surface area contributed by atoms with Gasteiger partial charge in [0.25, 0.3) is 0 Å². The number of para-hydroxylation sites is 2. The maximum atomic E-state index is 5.80. The van der Waals surface area contributed by atoms with Crippen LogP contribution >= 0.6 is 11.3 Å². The fourth-order valence-electron chi connectivity index (χ4n) is 1.84. The molecule has 3 aromatic rings. The van der Waals surface area contributed by atoms with Crippen LogP contribution in [0.1, 0.15) is 10.6 Å². The van der Waals surface area contributed by atoms with Crippen molar-refractivity contribution in [1.82, 2.24) is 4.98 Å². The average molecular weight is 255 g/mol. The molecule has 0 saturated heterocycles. The molecule has 2 nitrogen and oxygen atoms in total. The number of thiazole rings is 1. The summed E-state index contributed by atoms with van der Waals surface area (Å²) in [5, 5.41) is 1.01. The Balaban J connectivity index is 1.79. The number of hydrogen-bond donors (Lipinski definition) is 0. The lowest BCUT2D eigenvalue weighted by Crippen LogP contribution is -1.95. The Morgan fingerprint density at radius 2 is 1.83 bits per heavy atom. The Hall–Kier alpha value is -1.87. The number of ether oxygens (including phenoxy) is 1. The van der Waals surface area contributed by atoms with Gasteiger partial charge in [0, 0.05) is 0 Å². The van der Waals surface area contributed by atoms with Gasteiger partial charge >= 0.3 is 0 Å². The van der Waals surface area contributed by atoms with E-state index < -0.39 is 0 Å². The van der Waals surface area contributed by atoms with E-state index in [4.69, 9.17) is 4.74 Å². The molecule has 1 heterocycles. The summed E-state index contributed by atoms with van der Waals surface area (Å²) in [6, 6.07) is 16.2. The van der Waals surface area contributed by atoms with E-state index in [1.54, 1.807) is 11.3 Å². The Morgan fingerprint density at radius 3 is 2.67 bits per heavy atom. The second kappa shape index (κ2) is 4.78. The summed E-state index contributed by atoms with van der Waals surface area (Å²) in [5.41, 5.74) is 2.20. The third-order valence-electron chi connectivity index (χ3n) is 2.78. The van der Waals surface area contributed by atoms with Gasteiger partial charge in [-0.25, -0.2) is 4.98 Å². The van der Waals surface area contributed by atoms with Crippen molar-refractivity contribution in [3.8, 4) is 5.75 Å². The summed E-state index contributed by atoms with van der Waals surface area (Å²) in [5.74, 6) is 0.928. The zero-order valence-electron chi connectivity index (χ0n) is 10.1. The van der Waals surface area contributed by atoms with Crippen molar-refractivity contribution in [1.29, 1.82) is 0 Å². The van der Waals surface area contributed by atoms with Gasteiger partial charge in [-0.15, -0.1) is 11.3 Å². The van der Waals surface area contributed by atoms with E-state index in [9.17, 15) is 0 Å². The van der Waals surface area contributed by atoms with Crippen LogP contribution in [-0.2, 0) is 6.61 Å². The van der Waals surface area contributed by atoms with Gasteiger partial charge in [-0.05, 0) is 30.7 Å². The van der Waals surface area contributed by atoms with Crippen molar-refractivity contribution in [3.05, 3.63) is 59.1 Å². The molecule has 0 amide bonds. The van der Waals surface area contributed by atoms with Crippen LogP contribution in [0.25, 0.3) is 10.2 Å². The molecule has 0 spiro atoms. The lowest BCUT2D eigenvalue weighted by Gasteiger charge is -2.06. The molecule has 0 unspecified atom stereocenters. The van der Waals surface area contributed by atoms with Gasteiger partial charge in [0.2, 0.25) is 0 Å². The number of aromatic nitrogens is 1. The van der Waals surface area contributed by atoms with Crippen LogP contribution in [0.4, 0.5) is 0 Å². The second-order valence-corrected chi connectivity index (χ2v) is 5.24. The molecule has 90 valence electrons. The molecule has 0 bridgehead atoms. The number of benzene rings is 2. The van der Waals surface area contributed by atoms with Crippen LogP contribution in [0, 0.1) is 6.92 Å². The Morgan fingerprint density at radius 1 is 1.06 bits per heavy atom. The minimum absolute atomic E-state index is 0.532. The van der Waals surface area contributed by atoms with Gasteiger partial charge in [-0.3, -0.25) is 0 Å². The number of hydrogen-bond acceptors (Lipinski definition) is 3. The highest BCUT2D eigenvalue weighted by molar-refractivity contribution is 7.18. The lowest BCUT2D eigenvalue weighted by atomic mass is 10.2. The highest BCUT2D eigenvalue weighted by Gasteiger charge is 2.04. The summed E-state index contributed by atoms with van der Waals surface area (Å²) in [6.45, 7) is 2.58. The van der Waals surface area contributed by atoms with Crippen molar-refractivity contribution >= 4 is 21.6 Å². The van der Waals surface area contributed by atoms with Gasteiger partial charge in [-0.1, -0.05) is 30.3 Å². The molecular weight excluding hydrogens is 242 g/mol. The highest BCUT2D eigenvalue weighted by Crippen LogP contribution is 2.23. The lowest BCUT2D eigenvalue weighted by molar-refractivity contribution is 0.304. The molecule has 0 atom stereocenters. The van der Waals surface area contributed by atoms with E-state index in [-0.39, 0.29) is 0 Å². The van der Waals surface area contributed by atoms with E-state index in [1.165, 1.54) is 4.70 Å². The summed E-state index contributed by atoms with van der Waals surface area (Å²) in [7, 11) is 0. The third-order valence-corrected chi connectivity index (χ3v) is 3.79. The standard InChI is InChI=1S/C15H13NOS/c1-11-6-2-4-8-13(11)17-10-15-16-12-7-3-5-9-14(12)18-15/h2-9H,10H2,1H3. The highest BCUT2D eigenvalue weighted by atomic mass is 32.1. The van der Waals surface area contributed by atoms with Gasteiger partial charge in [0.15, 0.2) is 0 Å². The monoisotopic (exact) mass is 255 g/mol. The molecule has 3 heteroatoms. The number of rotatable bonds is 3. The summed E-state index contributed by atoms with van der Waals surface area (Å²) in [6.07, 6.45) is 0. The zero-order valence-corrected chi connectivity index (χ0v) is 10.9. The van der Waals surface area contributed by atoms with Crippen LogP contribution in [0.3, 0.4) is 0 Å². The molecule has 18 heavy (non-hydrogen) atoms. The molecule has 1 aromatic heterocycles. The molecule has 0 N–H and O–H groups in total. The normalized spacial score (nSPS) is 10.7. The first-order chi connectivity index (χ1) is 8.83. The fraction of sp³-hybridized carbons (Fsp3) is 0.133. The molecule has 3 rings (SSSR count). The van der Waals surface area contributed by atoms with E-state index in [0.717, 1.165) is 21.8 Å². The molecule has 0 saturated carbocycles. The summed E-state index contributed by atoms with van der Waals surface area (Å²) in [4.78, 5) is 4.55. The maximum absolute atomic E-state index is 5.80. The summed E-state index contributed by atoms with van der Waals surface area (Å²) < 4.78 is 7.01. The minimum atomic E-state index is 0.532. The van der Waals surface area contributed by atoms with Crippen LogP contribution in [0.5, 0.6) is 5.75 Å². The van der Waals surface area contributed by atoms with Crippen LogP contribution in [0.2, 0.25) is 0 Å². The molecule has 0 aliphatic rings. The number of fused-ring (bicyclic) bond motifs is 1. The topological polar surface area (TPSA) is 22.1 Å². The van der Waals surface area contributed by atoms with Crippen molar-refractivity contribution in [2.24, 2.45) is 0 Å². The minimum Gasteiger partial charge on any atom is -0.486 e. The van der Waals surface area contributed by atoms with Gasteiger partial charge < -0.3 is 4.74 Å². The van der Waals surface area contributed by atoms with Crippen molar-refractivity contribution in [2.75, 3.05) is 0 Å². The predicted octanol–water partition coefficient (Wildman–Crippen LogP) is 4.18. The van der Waals surface area contributed by atoms with Gasteiger partial charge in [0.05, 0.1) is 10.2 Å². The van der Waals surface area contributed by atoms with E-state index in [2.05, 4.69) is 11.1 Å². The van der Waals surface area contributed by atoms with Gasteiger partial charge in [0.1, 0.15) is 17.4 Å². The smallest absolute Gasteiger partial charge is 0.140 e. The third kappa shape index (κ3) is 2.22. The quantitative estimate of drug-likeness (QED) is 0.700. The molecule has 0 aliphatic carbocycles. The first-order valence-corrected chi connectivity index (χ1v) is 6.67. The molecule has 0 fully saturated rings. The maximum Gasteiger partial charge on any atom is 0.140 e. The van der Waals surface area contributed by atoms with E-state index >= 15 is 0 Å². The first-order valence-electron chi connectivity index (χ1n) is 5.86. The van der Waals surface area contributed by atoms with Gasteiger partial charge in [-0.2, -0.15) is 0 Å². The van der Waals surface area contributed by atoms with Crippen LogP contribution in [-0.4, -0.2) is 4.98 Å². The van der Waals surface area contributed by atoms with Crippen molar-refractivity contribution < 1.29 is 4.74 Å². The number of nitrogens with zero attached hydrogens (tertiary/aromatic N) is 1. The summed E-state index contributed by atoms with van der Waals surface area (Å²) >= 11 is 1.69. The predicted molar refractivity (Wildman–Crippen MR) is 75.1 cm³/mol. The Kier molecular flexibility index (Phi) is 2.99. The first kappa shape index (κ1) is 11.2. The largest absolute Gasteiger partial charge is 0.486 e. The van der Waals surface area contributed by atoms with Crippen molar-refractivity contribution in [2.45, 2.75) is 13.5 Å². The second-order valence-electron chi connectivity index (χ2n) is 4.13. The zero-order chi connectivity index (χ0) is 12.4. The Bertz CT molecular complexity index is 642. The number of aryl methyl sites for hydroxylation is 1. The molecule has 0 radical (unpaired) electrons. The molecule has 0 aliphatic heterocycles. The average Bonchev–Trinajstić information content (AvgIpc) is 2.80. The Labute approximate surface area is 110 Å². The SMILES string of the molecule is Cc1ccccc1OCc1nc2ccccc2s1. The van der Waals surface area contributed by atoms with E-state index in [0.29, 0.717) is 6.61 Å². The van der Waals surface area contributed by atoms with E-state index in [1.807, 2.05) is 49.4 Å². The van der Waals surface area contributed by atoms with Crippen LogP contribution < -0.4 is 4.74 Å². The van der Waals surface area contributed by atoms with Crippen molar-refractivity contribution in [3.63, 3.8) is 0 Å². The fourth-order valence-corrected chi connectivity index (χ4v) is 2.72. The molecular formula is C15H13NOS. The molecule has 2 aromatic carbocycles.